The molecular formula is C17H19N3O. The first-order valence-electron chi connectivity index (χ1n) is 7.32. The molecule has 4 nitrogen and oxygen atoms in total. The second-order valence-corrected chi connectivity index (χ2v) is 5.43. The molecule has 2 aromatic rings. The van der Waals surface area contributed by atoms with Crippen molar-refractivity contribution in [3.05, 3.63) is 59.8 Å². The number of carbonyl (C=O) groups is 1. The number of anilines is 1. The predicted molar refractivity (Wildman–Crippen MR) is 83.2 cm³/mol. The smallest absolute Gasteiger partial charge is 0.270 e. The third-order valence-electron chi connectivity index (χ3n) is 3.56. The molecule has 1 aromatic heterocycles. The lowest BCUT2D eigenvalue weighted by Gasteiger charge is -2.14. The van der Waals surface area contributed by atoms with E-state index in [2.05, 4.69) is 15.6 Å². The molecule has 1 amide bonds. The zero-order valence-electron chi connectivity index (χ0n) is 12.0. The Bertz CT molecular complexity index is 623. The molecule has 1 aliphatic carbocycles. The number of amides is 1. The highest BCUT2D eigenvalue weighted by Crippen LogP contribution is 2.23. The number of pyridine rings is 1. The molecule has 0 radical (unpaired) electrons. The van der Waals surface area contributed by atoms with Gasteiger partial charge in [-0.1, -0.05) is 36.4 Å². The van der Waals surface area contributed by atoms with Crippen LogP contribution in [0.1, 0.15) is 41.9 Å². The molecule has 2 N–H and O–H groups in total. The minimum absolute atomic E-state index is 0.0412. The van der Waals surface area contributed by atoms with E-state index < -0.39 is 0 Å². The number of nitrogens with one attached hydrogen (secondary N) is 2. The molecule has 1 aromatic carbocycles. The molecule has 3 rings (SSSR count). The number of hydrogen-bond donors (Lipinski definition) is 2. The number of aromatic nitrogens is 1. The lowest BCUT2D eigenvalue weighted by Crippen LogP contribution is -2.27. The summed E-state index contributed by atoms with van der Waals surface area (Å²) in [4.78, 5) is 16.7. The van der Waals surface area contributed by atoms with Crippen molar-refractivity contribution in [3.8, 4) is 0 Å². The minimum Gasteiger partial charge on any atom is -0.367 e. The summed E-state index contributed by atoms with van der Waals surface area (Å²) in [6.45, 7) is 1.97. The van der Waals surface area contributed by atoms with E-state index in [-0.39, 0.29) is 11.9 Å². The second kappa shape index (κ2) is 5.95. The van der Waals surface area contributed by atoms with Crippen LogP contribution in [0.4, 0.5) is 5.82 Å². The van der Waals surface area contributed by atoms with Gasteiger partial charge in [0.2, 0.25) is 0 Å². The highest BCUT2D eigenvalue weighted by atomic mass is 16.1. The summed E-state index contributed by atoms with van der Waals surface area (Å²) in [5, 5.41) is 6.28. The first-order valence-corrected chi connectivity index (χ1v) is 7.32. The van der Waals surface area contributed by atoms with E-state index in [1.165, 1.54) is 12.8 Å². The standard InChI is InChI=1S/C17H19N3O/c1-12(13-6-3-2-4-7-13)18-17(21)15-8-5-9-16(20-15)19-14-10-11-14/h2-9,12,14H,10-11H2,1H3,(H,18,21)(H,19,20). The molecule has 1 saturated carbocycles. The summed E-state index contributed by atoms with van der Waals surface area (Å²) in [6.07, 6.45) is 2.37. The van der Waals surface area contributed by atoms with Crippen LogP contribution in [0.3, 0.4) is 0 Å². The molecule has 0 saturated heterocycles. The molecule has 1 heterocycles. The van der Waals surface area contributed by atoms with Gasteiger partial charge >= 0.3 is 0 Å². The highest BCUT2D eigenvalue weighted by molar-refractivity contribution is 5.92. The Morgan fingerprint density at radius 3 is 2.62 bits per heavy atom. The number of benzene rings is 1. The van der Waals surface area contributed by atoms with Gasteiger partial charge in [0.05, 0.1) is 6.04 Å². The molecule has 4 heteroatoms. The molecule has 0 aliphatic heterocycles. The summed E-state index contributed by atoms with van der Waals surface area (Å²) in [5.74, 6) is 0.628. The number of carbonyl (C=O) groups excluding carboxylic acids is 1. The van der Waals surface area contributed by atoms with E-state index in [9.17, 15) is 4.79 Å². The summed E-state index contributed by atoms with van der Waals surface area (Å²) in [6, 6.07) is 15.9. The SMILES string of the molecule is CC(NC(=O)c1cccc(NC2CC2)n1)c1ccccc1. The summed E-state index contributed by atoms with van der Waals surface area (Å²) < 4.78 is 0. The summed E-state index contributed by atoms with van der Waals surface area (Å²) >= 11 is 0. The molecule has 1 atom stereocenters. The third kappa shape index (κ3) is 3.60. The highest BCUT2D eigenvalue weighted by Gasteiger charge is 2.21. The second-order valence-electron chi connectivity index (χ2n) is 5.43. The van der Waals surface area contributed by atoms with Crippen LogP contribution in [0.25, 0.3) is 0 Å². The van der Waals surface area contributed by atoms with Crippen molar-refractivity contribution in [1.29, 1.82) is 0 Å². The fraction of sp³-hybridized carbons (Fsp3) is 0.294. The van der Waals surface area contributed by atoms with Crippen LogP contribution in [0, 0.1) is 0 Å². The van der Waals surface area contributed by atoms with Crippen LogP contribution in [0.15, 0.2) is 48.5 Å². The van der Waals surface area contributed by atoms with Gasteiger partial charge in [0.1, 0.15) is 11.5 Å². The quantitative estimate of drug-likeness (QED) is 0.885. The Balaban J connectivity index is 1.67. The fourth-order valence-corrected chi connectivity index (χ4v) is 2.17. The van der Waals surface area contributed by atoms with Crippen molar-refractivity contribution in [2.45, 2.75) is 31.8 Å². The number of rotatable bonds is 5. The Hall–Kier alpha value is -2.36. The molecule has 1 unspecified atom stereocenters. The lowest BCUT2D eigenvalue weighted by molar-refractivity contribution is 0.0935. The first-order chi connectivity index (χ1) is 10.2. The van der Waals surface area contributed by atoms with Crippen molar-refractivity contribution in [1.82, 2.24) is 10.3 Å². The normalized spacial score (nSPS) is 15.3. The summed E-state index contributed by atoms with van der Waals surface area (Å²) in [7, 11) is 0. The maximum absolute atomic E-state index is 12.3. The molecule has 21 heavy (non-hydrogen) atoms. The molecule has 0 bridgehead atoms. The van der Waals surface area contributed by atoms with Gasteiger partial charge in [-0.2, -0.15) is 0 Å². The van der Waals surface area contributed by atoms with Crippen LogP contribution < -0.4 is 10.6 Å². The maximum atomic E-state index is 12.3. The van der Waals surface area contributed by atoms with E-state index in [1.807, 2.05) is 49.4 Å². The Morgan fingerprint density at radius 2 is 1.90 bits per heavy atom. The van der Waals surface area contributed by atoms with E-state index in [1.54, 1.807) is 6.07 Å². The van der Waals surface area contributed by atoms with E-state index in [0.29, 0.717) is 11.7 Å². The van der Waals surface area contributed by atoms with Crippen LogP contribution >= 0.6 is 0 Å². The van der Waals surface area contributed by atoms with Crippen molar-refractivity contribution >= 4 is 11.7 Å². The van der Waals surface area contributed by atoms with Gasteiger partial charge in [-0.15, -0.1) is 0 Å². The van der Waals surface area contributed by atoms with E-state index >= 15 is 0 Å². The van der Waals surface area contributed by atoms with E-state index in [0.717, 1.165) is 11.4 Å². The monoisotopic (exact) mass is 281 g/mol. The molecule has 1 fully saturated rings. The summed E-state index contributed by atoms with van der Waals surface area (Å²) in [5.41, 5.74) is 1.53. The maximum Gasteiger partial charge on any atom is 0.270 e. The average molecular weight is 281 g/mol. The fourth-order valence-electron chi connectivity index (χ4n) is 2.17. The van der Waals surface area contributed by atoms with Gasteiger partial charge in [-0.3, -0.25) is 4.79 Å². The lowest BCUT2D eigenvalue weighted by atomic mass is 10.1. The Morgan fingerprint density at radius 1 is 1.14 bits per heavy atom. The molecule has 108 valence electrons. The van der Waals surface area contributed by atoms with Crippen LogP contribution in [-0.4, -0.2) is 16.9 Å². The zero-order valence-corrected chi connectivity index (χ0v) is 12.0. The third-order valence-corrected chi connectivity index (χ3v) is 3.56. The molecule has 1 aliphatic rings. The first kappa shape index (κ1) is 13.6. The topological polar surface area (TPSA) is 54.0 Å². The molecular weight excluding hydrogens is 262 g/mol. The predicted octanol–water partition coefficient (Wildman–Crippen LogP) is 3.15. The van der Waals surface area contributed by atoms with Gasteiger partial charge < -0.3 is 10.6 Å². The number of hydrogen-bond acceptors (Lipinski definition) is 3. The Labute approximate surface area is 124 Å². The van der Waals surface area contributed by atoms with Crippen molar-refractivity contribution in [2.75, 3.05) is 5.32 Å². The Kier molecular flexibility index (Phi) is 3.86. The van der Waals surface area contributed by atoms with Gasteiger partial charge in [-0.25, -0.2) is 4.98 Å². The van der Waals surface area contributed by atoms with Gasteiger partial charge in [0, 0.05) is 6.04 Å². The zero-order chi connectivity index (χ0) is 14.7. The van der Waals surface area contributed by atoms with Crippen LogP contribution in [-0.2, 0) is 0 Å². The largest absolute Gasteiger partial charge is 0.367 e. The van der Waals surface area contributed by atoms with E-state index in [4.69, 9.17) is 0 Å². The minimum atomic E-state index is -0.147. The van der Waals surface area contributed by atoms with Gasteiger partial charge in [0.15, 0.2) is 0 Å². The van der Waals surface area contributed by atoms with Gasteiger partial charge in [-0.05, 0) is 37.5 Å². The van der Waals surface area contributed by atoms with Crippen LogP contribution in [0.2, 0.25) is 0 Å². The number of nitrogens with zero attached hydrogens (tertiary/aromatic N) is 1. The van der Waals surface area contributed by atoms with Crippen molar-refractivity contribution in [3.63, 3.8) is 0 Å². The average Bonchev–Trinajstić information content (AvgIpc) is 3.32. The van der Waals surface area contributed by atoms with Crippen molar-refractivity contribution in [2.24, 2.45) is 0 Å². The van der Waals surface area contributed by atoms with Gasteiger partial charge in [0.25, 0.3) is 5.91 Å². The molecule has 0 spiro atoms. The van der Waals surface area contributed by atoms with Crippen LogP contribution in [0.5, 0.6) is 0 Å². The van der Waals surface area contributed by atoms with Crippen molar-refractivity contribution < 1.29 is 4.79 Å².